The summed E-state index contributed by atoms with van der Waals surface area (Å²) in [5, 5.41) is 4.09. The Morgan fingerprint density at radius 1 is 1.15 bits per heavy atom. The van der Waals surface area contributed by atoms with E-state index >= 15 is 0 Å². The second kappa shape index (κ2) is 9.83. The molecule has 2 aromatic rings. The molecule has 7 heteroatoms. The van der Waals surface area contributed by atoms with Crippen LogP contribution in [0, 0.1) is 0 Å². The van der Waals surface area contributed by atoms with E-state index < -0.39 is 0 Å². The highest BCUT2D eigenvalue weighted by Crippen LogP contribution is 2.26. The molecule has 0 heterocycles. The maximum absolute atomic E-state index is 12.4. The number of quaternary nitrogens is 1. The molecule has 0 spiro atoms. The molecule has 0 fully saturated rings. The number of benzene rings is 2. The van der Waals surface area contributed by atoms with Gasteiger partial charge in [-0.05, 0) is 36.8 Å². The van der Waals surface area contributed by atoms with E-state index in [1.807, 2.05) is 38.2 Å². The summed E-state index contributed by atoms with van der Waals surface area (Å²) in [6.07, 6.45) is 0. The van der Waals surface area contributed by atoms with Gasteiger partial charge in [-0.1, -0.05) is 29.3 Å². The average Bonchev–Trinajstić information content (AvgIpc) is 2.61. The van der Waals surface area contributed by atoms with Crippen LogP contribution in [0.1, 0.15) is 24.1 Å². The fraction of sp³-hybridized carbons (Fsp3) is 0.350. The van der Waals surface area contributed by atoms with Gasteiger partial charge in [0.15, 0.2) is 6.54 Å². The summed E-state index contributed by atoms with van der Waals surface area (Å²) in [5.41, 5.74) is 1.85. The number of hydrogen-bond acceptors (Lipinski definition) is 3. The van der Waals surface area contributed by atoms with Gasteiger partial charge in [0.2, 0.25) is 0 Å². The van der Waals surface area contributed by atoms with Crippen LogP contribution < -0.4 is 19.7 Å². The molecule has 0 bridgehead atoms. The van der Waals surface area contributed by atoms with Crippen molar-refractivity contribution in [2.45, 2.75) is 19.5 Å². The summed E-state index contributed by atoms with van der Waals surface area (Å²) in [5.74, 6) is 1.42. The predicted molar refractivity (Wildman–Crippen MR) is 108 cm³/mol. The Kier molecular flexibility index (Phi) is 7.78. The maximum Gasteiger partial charge on any atom is 0.275 e. The Morgan fingerprint density at radius 2 is 1.89 bits per heavy atom. The molecule has 0 saturated carbocycles. The van der Waals surface area contributed by atoms with Gasteiger partial charge in [0.25, 0.3) is 5.91 Å². The maximum atomic E-state index is 12.4. The molecular weight excluding hydrogens is 387 g/mol. The Bertz CT molecular complexity index is 799. The van der Waals surface area contributed by atoms with Crippen molar-refractivity contribution in [3.63, 3.8) is 0 Å². The first-order valence-electron chi connectivity index (χ1n) is 8.60. The third kappa shape index (κ3) is 6.03. The second-order valence-electron chi connectivity index (χ2n) is 6.44. The number of carbonyl (C=O) groups is 1. The number of nitrogens with one attached hydrogen (secondary N) is 2. The molecule has 5 nitrogen and oxygen atoms in total. The van der Waals surface area contributed by atoms with Gasteiger partial charge in [-0.25, -0.2) is 0 Å². The summed E-state index contributed by atoms with van der Waals surface area (Å²) in [6, 6.07) is 10.7. The van der Waals surface area contributed by atoms with Crippen LogP contribution in [0.25, 0.3) is 0 Å². The first kappa shape index (κ1) is 21.4. The number of methoxy groups -OCH3 is 2. The fourth-order valence-corrected chi connectivity index (χ4v) is 3.45. The molecular formula is C20H25Cl2N2O3+. The van der Waals surface area contributed by atoms with Crippen molar-refractivity contribution in [1.82, 2.24) is 5.32 Å². The van der Waals surface area contributed by atoms with E-state index in [9.17, 15) is 4.79 Å². The monoisotopic (exact) mass is 411 g/mol. The second-order valence-corrected chi connectivity index (χ2v) is 7.29. The van der Waals surface area contributed by atoms with Crippen molar-refractivity contribution in [1.29, 1.82) is 0 Å². The number of hydrogen-bond donors (Lipinski definition) is 2. The quantitative estimate of drug-likeness (QED) is 0.701. The molecule has 0 aliphatic rings. The SMILES string of the molecule is COc1ccc(C[NH+](C)CC(=O)N[C@@H](C)c2ccc(Cl)cc2Cl)c(OC)c1. The van der Waals surface area contributed by atoms with E-state index in [1.54, 1.807) is 26.4 Å². The lowest BCUT2D eigenvalue weighted by Gasteiger charge is -2.19. The Balaban J connectivity index is 1.95. The van der Waals surface area contributed by atoms with Crippen LogP contribution in [0.4, 0.5) is 0 Å². The minimum absolute atomic E-state index is 0.0569. The number of likely N-dealkylation sites (N-methyl/N-ethyl adjacent to an activating group) is 1. The molecule has 0 radical (unpaired) electrons. The lowest BCUT2D eigenvalue weighted by Crippen LogP contribution is -3.08. The topological polar surface area (TPSA) is 52.0 Å². The van der Waals surface area contributed by atoms with Crippen molar-refractivity contribution >= 4 is 29.1 Å². The highest BCUT2D eigenvalue weighted by Gasteiger charge is 2.17. The molecule has 2 rings (SSSR count). The summed E-state index contributed by atoms with van der Waals surface area (Å²) >= 11 is 12.1. The molecule has 0 aromatic heterocycles. The first-order chi connectivity index (χ1) is 12.8. The molecule has 146 valence electrons. The molecule has 2 atom stereocenters. The molecule has 2 N–H and O–H groups in total. The zero-order valence-corrected chi connectivity index (χ0v) is 17.4. The standard InChI is InChI=1S/C20H24Cl2N2O3/c1-13(17-8-6-15(21)9-18(17)22)23-20(25)12-24(2)11-14-5-7-16(26-3)10-19(14)27-4/h5-10,13H,11-12H2,1-4H3,(H,23,25)/p+1/t13-/m0/s1. The highest BCUT2D eigenvalue weighted by molar-refractivity contribution is 6.35. The molecule has 2 aromatic carbocycles. The summed E-state index contributed by atoms with van der Waals surface area (Å²) in [6.45, 7) is 2.87. The van der Waals surface area contributed by atoms with Crippen LogP contribution in [0.3, 0.4) is 0 Å². The van der Waals surface area contributed by atoms with Gasteiger partial charge >= 0.3 is 0 Å². The smallest absolute Gasteiger partial charge is 0.275 e. The van der Waals surface area contributed by atoms with Crippen LogP contribution in [0.15, 0.2) is 36.4 Å². The van der Waals surface area contributed by atoms with E-state index in [0.29, 0.717) is 23.1 Å². The third-order valence-corrected chi connectivity index (χ3v) is 4.82. The van der Waals surface area contributed by atoms with Gasteiger partial charge in [0.05, 0.1) is 27.3 Å². The van der Waals surface area contributed by atoms with Crippen LogP contribution in [-0.4, -0.2) is 33.7 Å². The molecule has 0 aliphatic heterocycles. The van der Waals surface area contributed by atoms with Crippen molar-refractivity contribution in [3.05, 3.63) is 57.6 Å². The lowest BCUT2D eigenvalue weighted by molar-refractivity contribution is -0.885. The van der Waals surface area contributed by atoms with E-state index in [1.165, 1.54) is 0 Å². The third-order valence-electron chi connectivity index (χ3n) is 4.26. The number of amides is 1. The van der Waals surface area contributed by atoms with E-state index in [-0.39, 0.29) is 11.9 Å². The zero-order valence-electron chi connectivity index (χ0n) is 15.9. The van der Waals surface area contributed by atoms with Crippen LogP contribution >= 0.6 is 23.2 Å². The Hall–Kier alpha value is -1.95. The van der Waals surface area contributed by atoms with Crippen molar-refractivity contribution in [2.24, 2.45) is 0 Å². The van der Waals surface area contributed by atoms with Crippen LogP contribution in [0.2, 0.25) is 10.0 Å². The Labute approximate surface area is 170 Å². The van der Waals surface area contributed by atoms with Crippen molar-refractivity contribution in [2.75, 3.05) is 27.8 Å². The summed E-state index contributed by atoms with van der Waals surface area (Å²) in [4.78, 5) is 13.4. The first-order valence-corrected chi connectivity index (χ1v) is 9.36. The summed E-state index contributed by atoms with van der Waals surface area (Å²) < 4.78 is 10.6. The molecule has 1 unspecified atom stereocenters. The minimum atomic E-state index is -0.203. The minimum Gasteiger partial charge on any atom is -0.497 e. The van der Waals surface area contributed by atoms with E-state index in [0.717, 1.165) is 27.5 Å². The van der Waals surface area contributed by atoms with Gasteiger partial charge < -0.3 is 19.7 Å². The number of rotatable bonds is 8. The molecule has 0 aliphatic carbocycles. The van der Waals surface area contributed by atoms with Gasteiger partial charge in [-0.15, -0.1) is 0 Å². The number of carbonyl (C=O) groups excluding carboxylic acids is 1. The van der Waals surface area contributed by atoms with Crippen molar-refractivity contribution < 1.29 is 19.2 Å². The Morgan fingerprint density at radius 3 is 2.52 bits per heavy atom. The fourth-order valence-electron chi connectivity index (χ4n) is 2.88. The van der Waals surface area contributed by atoms with Gasteiger partial charge in [-0.3, -0.25) is 4.79 Å². The highest BCUT2D eigenvalue weighted by atomic mass is 35.5. The van der Waals surface area contributed by atoms with Crippen molar-refractivity contribution in [3.8, 4) is 11.5 Å². The molecule has 0 saturated heterocycles. The molecule has 1 amide bonds. The largest absolute Gasteiger partial charge is 0.497 e. The van der Waals surface area contributed by atoms with Crippen LogP contribution in [-0.2, 0) is 11.3 Å². The van der Waals surface area contributed by atoms with Gasteiger partial charge in [0.1, 0.15) is 18.0 Å². The zero-order chi connectivity index (χ0) is 20.0. The predicted octanol–water partition coefficient (Wildman–Crippen LogP) is 2.90. The number of ether oxygens (including phenoxy) is 2. The normalized spacial score (nSPS) is 13.0. The van der Waals surface area contributed by atoms with Gasteiger partial charge in [0, 0.05) is 21.7 Å². The van der Waals surface area contributed by atoms with E-state index in [4.69, 9.17) is 32.7 Å². The number of halogens is 2. The summed E-state index contributed by atoms with van der Waals surface area (Å²) in [7, 11) is 5.20. The van der Waals surface area contributed by atoms with Gasteiger partial charge in [-0.2, -0.15) is 0 Å². The van der Waals surface area contributed by atoms with Crippen LogP contribution in [0.5, 0.6) is 11.5 Å². The lowest BCUT2D eigenvalue weighted by atomic mass is 10.1. The average molecular weight is 412 g/mol. The molecule has 27 heavy (non-hydrogen) atoms. The van der Waals surface area contributed by atoms with E-state index in [2.05, 4.69) is 5.32 Å².